The number of aromatic nitrogens is 3. The standard InChI is InChI=1S/C19H18F2N4O2S/c1-12(17(26)22-16-14(20)8-5-9-15(16)21)28-19-24-23-18(27)25(19)11-10-13-6-3-2-4-7-13/h2-9,12H,10-11H2,1H3,(H,22,26)(H,23,27)/t12-/m0/s1. The van der Waals surface area contributed by atoms with Crippen molar-refractivity contribution in [1.82, 2.24) is 14.8 Å². The summed E-state index contributed by atoms with van der Waals surface area (Å²) in [5.41, 5.74) is 0.182. The Morgan fingerprint density at radius 3 is 2.54 bits per heavy atom. The largest absolute Gasteiger partial charge is 0.343 e. The lowest BCUT2D eigenvalue weighted by Crippen LogP contribution is -2.25. The van der Waals surface area contributed by atoms with Crippen LogP contribution < -0.4 is 11.0 Å². The average molecular weight is 404 g/mol. The number of carbonyl (C=O) groups excluding carboxylic acids is 1. The van der Waals surface area contributed by atoms with Crippen molar-refractivity contribution >= 4 is 23.4 Å². The average Bonchev–Trinajstić information content (AvgIpc) is 3.03. The lowest BCUT2D eigenvalue weighted by Gasteiger charge is -2.13. The van der Waals surface area contributed by atoms with Gasteiger partial charge in [-0.3, -0.25) is 9.36 Å². The molecule has 0 aliphatic heterocycles. The molecule has 1 heterocycles. The molecule has 0 aliphatic rings. The van der Waals surface area contributed by atoms with E-state index in [9.17, 15) is 18.4 Å². The van der Waals surface area contributed by atoms with E-state index < -0.39 is 28.5 Å². The van der Waals surface area contributed by atoms with E-state index >= 15 is 0 Å². The number of aryl methyl sites for hydroxylation is 1. The summed E-state index contributed by atoms with van der Waals surface area (Å²) >= 11 is 1.03. The molecule has 9 heteroatoms. The number of hydrogen-bond donors (Lipinski definition) is 2. The van der Waals surface area contributed by atoms with E-state index in [1.54, 1.807) is 6.92 Å². The summed E-state index contributed by atoms with van der Waals surface area (Å²) in [5, 5.41) is 8.17. The summed E-state index contributed by atoms with van der Waals surface area (Å²) in [6.45, 7) is 1.96. The van der Waals surface area contributed by atoms with Crippen molar-refractivity contribution in [2.45, 2.75) is 30.3 Å². The molecule has 28 heavy (non-hydrogen) atoms. The molecule has 2 N–H and O–H groups in total. The van der Waals surface area contributed by atoms with Gasteiger partial charge in [-0.2, -0.15) is 0 Å². The molecule has 146 valence electrons. The van der Waals surface area contributed by atoms with Gasteiger partial charge in [0.1, 0.15) is 17.3 Å². The Hall–Kier alpha value is -2.94. The summed E-state index contributed by atoms with van der Waals surface area (Å²) in [6.07, 6.45) is 0.620. The van der Waals surface area contributed by atoms with Gasteiger partial charge in [-0.1, -0.05) is 48.2 Å². The third-order valence-corrected chi connectivity index (χ3v) is 5.14. The molecule has 1 atom stereocenters. The Morgan fingerprint density at radius 1 is 1.18 bits per heavy atom. The lowest BCUT2D eigenvalue weighted by atomic mass is 10.1. The Balaban J connectivity index is 1.68. The van der Waals surface area contributed by atoms with Crippen molar-refractivity contribution in [3.63, 3.8) is 0 Å². The van der Waals surface area contributed by atoms with Gasteiger partial charge >= 0.3 is 5.69 Å². The van der Waals surface area contributed by atoms with Gasteiger partial charge in [0.15, 0.2) is 5.16 Å². The third kappa shape index (κ3) is 4.66. The molecule has 0 radical (unpaired) electrons. The Morgan fingerprint density at radius 2 is 1.86 bits per heavy atom. The van der Waals surface area contributed by atoms with E-state index in [4.69, 9.17) is 0 Å². The number of para-hydroxylation sites is 1. The minimum absolute atomic E-state index is 0.331. The summed E-state index contributed by atoms with van der Waals surface area (Å²) in [4.78, 5) is 24.4. The maximum absolute atomic E-state index is 13.7. The van der Waals surface area contributed by atoms with Gasteiger partial charge in [0.05, 0.1) is 5.25 Å². The van der Waals surface area contributed by atoms with E-state index in [0.717, 1.165) is 29.5 Å². The number of H-pyrrole nitrogens is 1. The Kier molecular flexibility index (Phi) is 6.25. The van der Waals surface area contributed by atoms with Gasteiger partial charge in [0, 0.05) is 6.54 Å². The van der Waals surface area contributed by atoms with Crippen molar-refractivity contribution in [3.05, 3.63) is 76.2 Å². The van der Waals surface area contributed by atoms with Gasteiger partial charge < -0.3 is 5.32 Å². The normalized spacial score (nSPS) is 12.0. The first-order valence-electron chi connectivity index (χ1n) is 8.56. The number of nitrogens with zero attached hydrogens (tertiary/aromatic N) is 2. The van der Waals surface area contributed by atoms with Crippen LogP contribution >= 0.6 is 11.8 Å². The number of benzene rings is 2. The van der Waals surface area contributed by atoms with Gasteiger partial charge in [-0.05, 0) is 31.0 Å². The zero-order valence-corrected chi connectivity index (χ0v) is 15.8. The van der Waals surface area contributed by atoms with Crippen LogP contribution in [0.5, 0.6) is 0 Å². The molecule has 3 rings (SSSR count). The fourth-order valence-corrected chi connectivity index (χ4v) is 3.41. The molecule has 0 unspecified atom stereocenters. The fraction of sp³-hybridized carbons (Fsp3) is 0.211. The summed E-state index contributed by atoms with van der Waals surface area (Å²) in [5.74, 6) is -2.31. The number of anilines is 1. The summed E-state index contributed by atoms with van der Waals surface area (Å²) in [6, 6.07) is 13.0. The van der Waals surface area contributed by atoms with Crippen LogP contribution in [0.2, 0.25) is 0 Å². The topological polar surface area (TPSA) is 79.8 Å². The molecule has 0 spiro atoms. The van der Waals surface area contributed by atoms with Gasteiger partial charge in [0.2, 0.25) is 5.91 Å². The minimum atomic E-state index is -0.856. The maximum atomic E-state index is 13.7. The van der Waals surface area contributed by atoms with Crippen LogP contribution in [0.1, 0.15) is 12.5 Å². The quantitative estimate of drug-likeness (QED) is 0.593. The van der Waals surface area contributed by atoms with Crippen LogP contribution in [0, 0.1) is 11.6 Å². The number of halogens is 2. The summed E-state index contributed by atoms with van der Waals surface area (Å²) in [7, 11) is 0. The van der Waals surface area contributed by atoms with Crippen molar-refractivity contribution in [1.29, 1.82) is 0 Å². The monoisotopic (exact) mass is 404 g/mol. The van der Waals surface area contributed by atoms with Crippen molar-refractivity contribution < 1.29 is 13.6 Å². The van der Waals surface area contributed by atoms with Crippen molar-refractivity contribution in [3.8, 4) is 0 Å². The molecule has 0 aliphatic carbocycles. The first kappa shape index (κ1) is 19.8. The number of nitrogens with one attached hydrogen (secondary N) is 2. The van der Waals surface area contributed by atoms with E-state index in [2.05, 4.69) is 15.5 Å². The molecular weight excluding hydrogens is 386 g/mol. The lowest BCUT2D eigenvalue weighted by molar-refractivity contribution is -0.115. The predicted molar refractivity (Wildman–Crippen MR) is 103 cm³/mol. The highest BCUT2D eigenvalue weighted by atomic mass is 32.2. The van der Waals surface area contributed by atoms with Crippen LogP contribution in [0.15, 0.2) is 58.5 Å². The number of rotatable bonds is 7. The van der Waals surface area contributed by atoms with Gasteiger partial charge in [0.25, 0.3) is 0 Å². The molecule has 0 fully saturated rings. The molecular formula is C19H18F2N4O2S. The molecule has 6 nitrogen and oxygen atoms in total. The number of carbonyl (C=O) groups is 1. The van der Waals surface area contributed by atoms with E-state index in [-0.39, 0.29) is 5.69 Å². The molecule has 2 aromatic carbocycles. The molecule has 1 aromatic heterocycles. The molecule has 1 amide bonds. The van der Waals surface area contributed by atoms with Crippen LogP contribution in [0.3, 0.4) is 0 Å². The first-order valence-corrected chi connectivity index (χ1v) is 9.44. The van der Waals surface area contributed by atoms with Crippen molar-refractivity contribution in [2.75, 3.05) is 5.32 Å². The SMILES string of the molecule is C[C@H](Sc1n[nH]c(=O)n1CCc1ccccc1)C(=O)Nc1c(F)cccc1F. The van der Waals surface area contributed by atoms with E-state index in [0.29, 0.717) is 18.1 Å². The van der Waals surface area contributed by atoms with Crippen LogP contribution in [0.25, 0.3) is 0 Å². The minimum Gasteiger partial charge on any atom is -0.320 e. The Labute approximate surface area is 164 Å². The fourth-order valence-electron chi connectivity index (χ4n) is 2.53. The highest BCUT2D eigenvalue weighted by Crippen LogP contribution is 2.23. The number of thioether (sulfide) groups is 1. The Bertz CT molecular complexity index is 1000. The van der Waals surface area contributed by atoms with Gasteiger partial charge in [-0.15, -0.1) is 5.10 Å². The molecule has 0 saturated heterocycles. The number of hydrogen-bond acceptors (Lipinski definition) is 4. The van der Waals surface area contributed by atoms with Crippen LogP contribution in [-0.2, 0) is 17.8 Å². The smallest absolute Gasteiger partial charge is 0.320 e. The second kappa shape index (κ2) is 8.83. The zero-order valence-electron chi connectivity index (χ0n) is 15.0. The predicted octanol–water partition coefficient (Wildman–Crippen LogP) is 3.21. The second-order valence-electron chi connectivity index (χ2n) is 6.04. The third-order valence-electron chi connectivity index (χ3n) is 4.05. The van der Waals surface area contributed by atoms with E-state index in [1.165, 1.54) is 10.6 Å². The maximum Gasteiger partial charge on any atom is 0.343 e. The second-order valence-corrected chi connectivity index (χ2v) is 7.35. The molecule has 3 aromatic rings. The number of aromatic amines is 1. The zero-order chi connectivity index (χ0) is 20.1. The van der Waals surface area contributed by atoms with Crippen molar-refractivity contribution in [2.24, 2.45) is 0 Å². The summed E-state index contributed by atoms with van der Waals surface area (Å²) < 4.78 is 28.8. The number of amides is 1. The first-order chi connectivity index (χ1) is 13.5. The van der Waals surface area contributed by atoms with Crippen LogP contribution in [-0.4, -0.2) is 25.9 Å². The van der Waals surface area contributed by atoms with Crippen LogP contribution in [0.4, 0.5) is 14.5 Å². The highest BCUT2D eigenvalue weighted by Gasteiger charge is 2.21. The molecule has 0 bridgehead atoms. The van der Waals surface area contributed by atoms with E-state index in [1.807, 2.05) is 30.3 Å². The highest BCUT2D eigenvalue weighted by molar-refractivity contribution is 8.00. The molecule has 0 saturated carbocycles. The van der Waals surface area contributed by atoms with Gasteiger partial charge in [-0.25, -0.2) is 18.7 Å².